The molecule has 144 valence electrons. The van der Waals surface area contributed by atoms with E-state index in [9.17, 15) is 17.6 Å². The average molecular weight is 379 g/mol. The molecule has 0 spiro atoms. The minimum Gasteiger partial charge on any atom is -0.322 e. The lowest BCUT2D eigenvalue weighted by Crippen LogP contribution is -2.23. The van der Waals surface area contributed by atoms with Gasteiger partial charge in [-0.3, -0.25) is 0 Å². The summed E-state index contributed by atoms with van der Waals surface area (Å²) in [7, 11) is 0. The summed E-state index contributed by atoms with van der Waals surface area (Å²) in [4.78, 5) is 4.42. The first-order valence-corrected chi connectivity index (χ1v) is 8.78. The van der Waals surface area contributed by atoms with Crippen molar-refractivity contribution in [3.05, 3.63) is 65.2 Å². The van der Waals surface area contributed by atoms with Crippen LogP contribution in [0.1, 0.15) is 43.3 Å². The first kappa shape index (κ1) is 19.4. The highest BCUT2D eigenvalue weighted by Crippen LogP contribution is 2.33. The Morgan fingerprint density at radius 2 is 1.89 bits per heavy atom. The Bertz CT molecular complexity index is 946. The third-order valence-electron chi connectivity index (χ3n) is 4.89. The van der Waals surface area contributed by atoms with Crippen LogP contribution in [0.25, 0.3) is 11.0 Å². The van der Waals surface area contributed by atoms with E-state index in [0.717, 1.165) is 18.6 Å². The quantitative estimate of drug-likeness (QED) is 0.612. The number of fused-ring (bicyclic) bond motifs is 1. The van der Waals surface area contributed by atoms with Crippen LogP contribution in [0, 0.1) is 11.7 Å². The van der Waals surface area contributed by atoms with E-state index in [-0.39, 0.29) is 23.8 Å². The zero-order valence-corrected chi connectivity index (χ0v) is 15.1. The summed E-state index contributed by atoms with van der Waals surface area (Å²) >= 11 is 0. The molecule has 2 atom stereocenters. The first-order valence-electron chi connectivity index (χ1n) is 8.78. The van der Waals surface area contributed by atoms with Gasteiger partial charge in [0.25, 0.3) is 0 Å². The van der Waals surface area contributed by atoms with Crippen LogP contribution in [0.15, 0.2) is 42.5 Å². The third kappa shape index (κ3) is 3.98. The lowest BCUT2D eigenvalue weighted by atomic mass is 9.99. The molecule has 0 aliphatic heterocycles. The Balaban J connectivity index is 2.15. The predicted molar refractivity (Wildman–Crippen MR) is 96.6 cm³/mol. The molecule has 1 aromatic heterocycles. The van der Waals surface area contributed by atoms with Gasteiger partial charge >= 0.3 is 6.18 Å². The second-order valence-electron chi connectivity index (χ2n) is 6.80. The number of rotatable bonds is 5. The molecule has 2 N–H and O–H groups in total. The van der Waals surface area contributed by atoms with Gasteiger partial charge in [0, 0.05) is 6.54 Å². The van der Waals surface area contributed by atoms with Crippen molar-refractivity contribution >= 4 is 11.0 Å². The first-order chi connectivity index (χ1) is 12.7. The summed E-state index contributed by atoms with van der Waals surface area (Å²) < 4.78 is 54.5. The summed E-state index contributed by atoms with van der Waals surface area (Å²) in [6.45, 7) is 4.24. The van der Waals surface area contributed by atoms with Gasteiger partial charge in [-0.1, -0.05) is 32.4 Å². The van der Waals surface area contributed by atoms with Crippen LogP contribution >= 0.6 is 0 Å². The number of hydrogen-bond donors (Lipinski definition) is 1. The van der Waals surface area contributed by atoms with E-state index in [1.165, 1.54) is 18.2 Å². The summed E-state index contributed by atoms with van der Waals surface area (Å²) in [6, 6.07) is 9.12. The highest BCUT2D eigenvalue weighted by Gasteiger charge is 2.31. The van der Waals surface area contributed by atoms with Crippen LogP contribution in [0.5, 0.6) is 0 Å². The van der Waals surface area contributed by atoms with Crippen molar-refractivity contribution < 1.29 is 17.6 Å². The van der Waals surface area contributed by atoms with Gasteiger partial charge in [0.1, 0.15) is 11.6 Å². The molecule has 0 fully saturated rings. The molecule has 2 aromatic carbocycles. The maximum absolute atomic E-state index is 13.6. The number of benzene rings is 2. The fraction of sp³-hybridized carbons (Fsp3) is 0.350. The van der Waals surface area contributed by atoms with Crippen LogP contribution in [0.4, 0.5) is 17.6 Å². The van der Waals surface area contributed by atoms with E-state index in [0.29, 0.717) is 16.9 Å². The second kappa shape index (κ2) is 7.31. The normalized spacial score (nSPS) is 14.5. The molecule has 3 rings (SSSR count). The van der Waals surface area contributed by atoms with Crippen molar-refractivity contribution in [3.8, 4) is 0 Å². The minimum atomic E-state index is -4.44. The van der Waals surface area contributed by atoms with E-state index < -0.39 is 17.8 Å². The van der Waals surface area contributed by atoms with Crippen molar-refractivity contribution in [2.75, 3.05) is 0 Å². The van der Waals surface area contributed by atoms with Crippen LogP contribution in [0.2, 0.25) is 0 Å². The zero-order chi connectivity index (χ0) is 19.8. The van der Waals surface area contributed by atoms with Crippen molar-refractivity contribution in [2.45, 2.75) is 39.0 Å². The van der Waals surface area contributed by atoms with E-state index in [1.807, 2.05) is 13.8 Å². The Labute approximate surface area is 154 Å². The lowest BCUT2D eigenvalue weighted by Gasteiger charge is -2.20. The standard InChI is InChI=1S/C20H21F4N3/c1-3-12(2)18(25)19-26-16-10-14(20(22,23)24)7-8-17(16)27(19)11-13-5-4-6-15(21)9-13/h4-10,12,18H,3,11,25H2,1-2H3/t12-,18-/m0/s1. The highest BCUT2D eigenvalue weighted by molar-refractivity contribution is 5.77. The molecule has 0 saturated carbocycles. The van der Waals surface area contributed by atoms with Gasteiger partial charge < -0.3 is 10.3 Å². The SMILES string of the molecule is CC[C@H](C)[C@H](N)c1nc2cc(C(F)(F)F)ccc2n1Cc1cccc(F)c1. The Morgan fingerprint density at radius 1 is 1.15 bits per heavy atom. The minimum absolute atomic E-state index is 0.0927. The molecular formula is C20H21F4N3. The molecule has 0 saturated heterocycles. The van der Waals surface area contributed by atoms with Crippen molar-refractivity contribution in [2.24, 2.45) is 11.7 Å². The lowest BCUT2D eigenvalue weighted by molar-refractivity contribution is -0.137. The molecule has 0 amide bonds. The zero-order valence-electron chi connectivity index (χ0n) is 15.1. The van der Waals surface area contributed by atoms with Crippen molar-refractivity contribution in [3.63, 3.8) is 0 Å². The van der Waals surface area contributed by atoms with Gasteiger partial charge in [-0.25, -0.2) is 9.37 Å². The number of alkyl halides is 3. The van der Waals surface area contributed by atoms with Gasteiger partial charge in [0.05, 0.1) is 22.6 Å². The smallest absolute Gasteiger partial charge is 0.322 e. The van der Waals surface area contributed by atoms with Crippen molar-refractivity contribution in [1.82, 2.24) is 9.55 Å². The molecular weight excluding hydrogens is 358 g/mol. The summed E-state index contributed by atoms with van der Waals surface area (Å²) in [5, 5.41) is 0. The molecule has 3 nitrogen and oxygen atoms in total. The topological polar surface area (TPSA) is 43.8 Å². The molecule has 3 aromatic rings. The average Bonchev–Trinajstić information content (AvgIpc) is 2.97. The number of hydrogen-bond acceptors (Lipinski definition) is 2. The van der Waals surface area contributed by atoms with E-state index in [1.54, 1.807) is 16.7 Å². The van der Waals surface area contributed by atoms with Crippen LogP contribution < -0.4 is 5.73 Å². The van der Waals surface area contributed by atoms with Crippen LogP contribution in [-0.2, 0) is 12.7 Å². The van der Waals surface area contributed by atoms with E-state index in [2.05, 4.69) is 4.98 Å². The molecule has 0 bridgehead atoms. The van der Waals surface area contributed by atoms with Crippen LogP contribution in [-0.4, -0.2) is 9.55 Å². The number of halogens is 4. The second-order valence-corrected chi connectivity index (χ2v) is 6.80. The molecule has 27 heavy (non-hydrogen) atoms. The molecule has 0 unspecified atom stereocenters. The fourth-order valence-electron chi connectivity index (χ4n) is 3.07. The summed E-state index contributed by atoms with van der Waals surface area (Å²) in [5.41, 5.74) is 7.05. The monoisotopic (exact) mass is 379 g/mol. The summed E-state index contributed by atoms with van der Waals surface area (Å²) in [5.74, 6) is 0.224. The molecule has 7 heteroatoms. The van der Waals surface area contributed by atoms with E-state index >= 15 is 0 Å². The number of aromatic nitrogens is 2. The van der Waals surface area contributed by atoms with E-state index in [4.69, 9.17) is 5.73 Å². The Hall–Kier alpha value is -2.41. The van der Waals surface area contributed by atoms with Gasteiger partial charge in [-0.15, -0.1) is 0 Å². The maximum Gasteiger partial charge on any atom is 0.416 e. The third-order valence-corrected chi connectivity index (χ3v) is 4.89. The number of nitrogens with zero attached hydrogens (tertiary/aromatic N) is 2. The largest absolute Gasteiger partial charge is 0.416 e. The van der Waals surface area contributed by atoms with Gasteiger partial charge in [-0.05, 0) is 41.8 Å². The van der Waals surface area contributed by atoms with Gasteiger partial charge in [0.2, 0.25) is 0 Å². The van der Waals surface area contributed by atoms with Crippen LogP contribution in [0.3, 0.4) is 0 Å². The maximum atomic E-state index is 13.6. The predicted octanol–water partition coefficient (Wildman–Crippen LogP) is 5.29. The van der Waals surface area contributed by atoms with Gasteiger partial charge in [0.15, 0.2) is 0 Å². The fourth-order valence-corrected chi connectivity index (χ4v) is 3.07. The Morgan fingerprint density at radius 3 is 2.52 bits per heavy atom. The molecule has 0 aliphatic rings. The summed E-state index contributed by atoms with van der Waals surface area (Å²) in [6.07, 6.45) is -3.64. The molecule has 0 radical (unpaired) electrons. The van der Waals surface area contributed by atoms with Gasteiger partial charge in [-0.2, -0.15) is 13.2 Å². The Kier molecular flexibility index (Phi) is 5.24. The molecule has 1 heterocycles. The van der Waals surface area contributed by atoms with Crippen molar-refractivity contribution in [1.29, 1.82) is 0 Å². The number of nitrogens with two attached hydrogens (primary N) is 1. The molecule has 0 aliphatic carbocycles. The number of imidazole rings is 1. The highest BCUT2D eigenvalue weighted by atomic mass is 19.4.